The summed E-state index contributed by atoms with van der Waals surface area (Å²) in [7, 11) is 2.16. The van der Waals surface area contributed by atoms with Crippen molar-refractivity contribution in [3.63, 3.8) is 0 Å². The number of hydrogen-bond donors (Lipinski definition) is 1. The van der Waals surface area contributed by atoms with E-state index in [0.717, 1.165) is 32.6 Å². The van der Waals surface area contributed by atoms with Crippen LogP contribution in [0.15, 0.2) is 30.5 Å². The standard InChI is InChI=1S/C20H23ClN6O/c1-25-8-2-6-20(13-25)7-10-26(14-20)19(28)23-18-5-9-27(24-18)17-4-3-15(12-22)11-16(17)21/h3-5,9,11H,2,6-8,10,13-14H2,1H3,(H,23,24,28). The molecule has 1 unspecified atom stereocenters. The molecule has 1 aromatic heterocycles. The molecule has 2 fully saturated rings. The lowest BCUT2D eigenvalue weighted by atomic mass is 9.79. The number of nitrogens with one attached hydrogen (secondary N) is 1. The molecule has 1 aromatic carbocycles. The van der Waals surface area contributed by atoms with Crippen molar-refractivity contribution in [3.8, 4) is 11.8 Å². The Morgan fingerprint density at radius 3 is 2.89 bits per heavy atom. The van der Waals surface area contributed by atoms with Gasteiger partial charge in [0.1, 0.15) is 0 Å². The van der Waals surface area contributed by atoms with Crippen molar-refractivity contribution in [3.05, 3.63) is 41.0 Å². The van der Waals surface area contributed by atoms with E-state index in [1.54, 1.807) is 35.1 Å². The number of rotatable bonds is 2. The van der Waals surface area contributed by atoms with Gasteiger partial charge < -0.3 is 9.80 Å². The normalized spacial score (nSPS) is 22.4. The van der Waals surface area contributed by atoms with E-state index in [1.165, 1.54) is 12.8 Å². The summed E-state index contributed by atoms with van der Waals surface area (Å²) < 4.78 is 1.60. The average Bonchev–Trinajstić information content (AvgIpc) is 3.29. The van der Waals surface area contributed by atoms with Crippen LogP contribution in [0.5, 0.6) is 0 Å². The summed E-state index contributed by atoms with van der Waals surface area (Å²) in [6, 6.07) is 8.71. The summed E-state index contributed by atoms with van der Waals surface area (Å²) in [5.41, 5.74) is 1.39. The Balaban J connectivity index is 1.42. The van der Waals surface area contributed by atoms with Gasteiger partial charge in [0.2, 0.25) is 0 Å². The van der Waals surface area contributed by atoms with Crippen LogP contribution in [0.3, 0.4) is 0 Å². The number of piperidine rings is 1. The molecular formula is C20H23ClN6O. The lowest BCUT2D eigenvalue weighted by Crippen LogP contribution is -2.44. The Kier molecular flexibility index (Phi) is 5.00. The van der Waals surface area contributed by atoms with Crippen LogP contribution in [-0.2, 0) is 0 Å². The number of nitrogens with zero attached hydrogens (tertiary/aromatic N) is 5. The van der Waals surface area contributed by atoms with Crippen molar-refractivity contribution >= 4 is 23.4 Å². The van der Waals surface area contributed by atoms with Gasteiger partial charge in [-0.05, 0) is 51.1 Å². The third-order valence-electron chi connectivity index (χ3n) is 5.73. The Bertz CT molecular complexity index is 935. The van der Waals surface area contributed by atoms with E-state index in [0.29, 0.717) is 22.1 Å². The first-order chi connectivity index (χ1) is 13.5. The molecule has 0 bridgehead atoms. The van der Waals surface area contributed by atoms with Gasteiger partial charge in [-0.3, -0.25) is 5.32 Å². The zero-order valence-electron chi connectivity index (χ0n) is 15.9. The predicted molar refractivity (Wildman–Crippen MR) is 108 cm³/mol. The Hall–Kier alpha value is -2.56. The first-order valence-corrected chi connectivity index (χ1v) is 9.86. The van der Waals surface area contributed by atoms with Crippen LogP contribution in [0.2, 0.25) is 5.02 Å². The smallest absolute Gasteiger partial charge is 0.323 e. The monoisotopic (exact) mass is 398 g/mol. The van der Waals surface area contributed by atoms with E-state index in [9.17, 15) is 4.79 Å². The number of amides is 2. The van der Waals surface area contributed by atoms with E-state index in [4.69, 9.17) is 16.9 Å². The number of benzene rings is 1. The molecule has 7 nitrogen and oxygen atoms in total. The lowest BCUT2D eigenvalue weighted by molar-refractivity contribution is 0.117. The van der Waals surface area contributed by atoms with E-state index >= 15 is 0 Å². The fourth-order valence-corrected chi connectivity index (χ4v) is 4.64. The molecule has 0 radical (unpaired) electrons. The molecule has 1 atom stereocenters. The molecule has 146 valence electrons. The third kappa shape index (κ3) is 3.71. The maximum atomic E-state index is 12.7. The number of likely N-dealkylation sites (tertiary alicyclic amines) is 2. The highest BCUT2D eigenvalue weighted by Crippen LogP contribution is 2.38. The van der Waals surface area contributed by atoms with E-state index in [1.807, 2.05) is 4.90 Å². The topological polar surface area (TPSA) is 77.2 Å². The highest BCUT2D eigenvalue weighted by Gasteiger charge is 2.42. The molecule has 0 saturated carbocycles. The Labute approximate surface area is 169 Å². The van der Waals surface area contributed by atoms with E-state index < -0.39 is 0 Å². The molecule has 2 aliphatic heterocycles. The van der Waals surface area contributed by atoms with Crippen LogP contribution >= 0.6 is 11.6 Å². The van der Waals surface area contributed by atoms with Crippen LogP contribution < -0.4 is 5.32 Å². The van der Waals surface area contributed by atoms with Gasteiger partial charge in [-0.1, -0.05) is 11.6 Å². The number of hydrogen-bond acceptors (Lipinski definition) is 4. The number of carbonyl (C=O) groups is 1. The van der Waals surface area contributed by atoms with Crippen LogP contribution in [0.25, 0.3) is 5.69 Å². The summed E-state index contributed by atoms with van der Waals surface area (Å²) in [6.07, 6.45) is 5.18. The van der Waals surface area contributed by atoms with Gasteiger partial charge in [-0.25, -0.2) is 9.48 Å². The molecular weight excluding hydrogens is 376 g/mol. The number of anilines is 1. The summed E-state index contributed by atoms with van der Waals surface area (Å²) >= 11 is 6.24. The molecule has 1 spiro atoms. The minimum Gasteiger partial charge on any atom is -0.324 e. The molecule has 2 amide bonds. The summed E-state index contributed by atoms with van der Waals surface area (Å²) in [5, 5.41) is 16.7. The minimum atomic E-state index is -0.110. The highest BCUT2D eigenvalue weighted by molar-refractivity contribution is 6.32. The average molecular weight is 399 g/mol. The second-order valence-electron chi connectivity index (χ2n) is 7.87. The molecule has 4 rings (SSSR count). The van der Waals surface area contributed by atoms with Gasteiger partial charge in [-0.15, -0.1) is 5.10 Å². The zero-order chi connectivity index (χ0) is 19.7. The molecule has 2 aliphatic rings. The molecule has 8 heteroatoms. The largest absolute Gasteiger partial charge is 0.324 e. The van der Waals surface area contributed by atoms with Crippen molar-refractivity contribution < 1.29 is 4.79 Å². The third-order valence-corrected chi connectivity index (χ3v) is 6.03. The van der Waals surface area contributed by atoms with Crippen molar-refractivity contribution in [2.24, 2.45) is 5.41 Å². The van der Waals surface area contributed by atoms with Gasteiger partial charge in [0, 0.05) is 37.3 Å². The van der Waals surface area contributed by atoms with Crippen LogP contribution in [0.4, 0.5) is 10.6 Å². The quantitative estimate of drug-likeness (QED) is 0.841. The molecule has 3 heterocycles. The zero-order valence-corrected chi connectivity index (χ0v) is 16.6. The second-order valence-corrected chi connectivity index (χ2v) is 8.27. The summed E-state index contributed by atoms with van der Waals surface area (Å²) in [6.45, 7) is 3.78. The van der Waals surface area contributed by atoms with Crippen molar-refractivity contribution in [1.29, 1.82) is 5.26 Å². The number of urea groups is 1. The van der Waals surface area contributed by atoms with Crippen molar-refractivity contribution in [2.45, 2.75) is 19.3 Å². The SMILES string of the molecule is CN1CCCC2(CCN(C(=O)Nc3ccn(-c4ccc(C#N)cc4Cl)n3)C2)C1. The maximum Gasteiger partial charge on any atom is 0.323 e. The highest BCUT2D eigenvalue weighted by atomic mass is 35.5. The van der Waals surface area contributed by atoms with Gasteiger partial charge in [0.15, 0.2) is 5.82 Å². The van der Waals surface area contributed by atoms with Crippen LogP contribution in [-0.4, -0.2) is 58.8 Å². The Morgan fingerprint density at radius 2 is 2.14 bits per heavy atom. The van der Waals surface area contributed by atoms with E-state index in [2.05, 4.69) is 28.4 Å². The van der Waals surface area contributed by atoms with Gasteiger partial charge in [-0.2, -0.15) is 5.26 Å². The summed E-state index contributed by atoms with van der Waals surface area (Å²) in [5.74, 6) is 0.479. The van der Waals surface area contributed by atoms with Gasteiger partial charge >= 0.3 is 6.03 Å². The number of aromatic nitrogens is 2. The van der Waals surface area contributed by atoms with Crippen LogP contribution in [0, 0.1) is 16.7 Å². The first kappa shape index (κ1) is 18.8. The van der Waals surface area contributed by atoms with E-state index in [-0.39, 0.29) is 11.4 Å². The predicted octanol–water partition coefficient (Wildman–Crippen LogP) is 3.35. The van der Waals surface area contributed by atoms with Crippen molar-refractivity contribution in [2.75, 3.05) is 38.5 Å². The first-order valence-electron chi connectivity index (χ1n) is 9.48. The molecule has 2 aromatic rings. The number of nitriles is 1. The van der Waals surface area contributed by atoms with Crippen molar-refractivity contribution in [1.82, 2.24) is 19.6 Å². The molecule has 2 saturated heterocycles. The minimum absolute atomic E-state index is 0.110. The lowest BCUT2D eigenvalue weighted by Gasteiger charge is -2.38. The van der Waals surface area contributed by atoms with Gasteiger partial charge in [0.25, 0.3) is 0 Å². The summed E-state index contributed by atoms with van der Waals surface area (Å²) in [4.78, 5) is 17.0. The van der Waals surface area contributed by atoms with Gasteiger partial charge in [0.05, 0.1) is 22.3 Å². The second kappa shape index (κ2) is 7.46. The fourth-order valence-electron chi connectivity index (χ4n) is 4.37. The molecule has 28 heavy (non-hydrogen) atoms. The fraction of sp³-hybridized carbons (Fsp3) is 0.450. The van der Waals surface area contributed by atoms with Crippen LogP contribution in [0.1, 0.15) is 24.8 Å². The molecule has 0 aliphatic carbocycles. The number of carbonyl (C=O) groups excluding carboxylic acids is 1. The Morgan fingerprint density at radius 1 is 1.29 bits per heavy atom. The molecule has 1 N–H and O–H groups in total. The number of halogens is 1. The maximum absolute atomic E-state index is 12.7.